The zero-order valence-corrected chi connectivity index (χ0v) is 17.7. The lowest BCUT2D eigenvalue weighted by Crippen LogP contribution is -2.36. The Hall–Kier alpha value is -3.26. The summed E-state index contributed by atoms with van der Waals surface area (Å²) in [6.07, 6.45) is 1.55. The number of benzene rings is 1. The molecule has 1 aromatic carbocycles. The lowest BCUT2D eigenvalue weighted by Gasteiger charge is -2.25. The van der Waals surface area contributed by atoms with Gasteiger partial charge in [0.05, 0.1) is 31.5 Å². The topological polar surface area (TPSA) is 98.4 Å². The standard InChI is InChI=1S/C23H25NO7/c1-13-6-9-17(31-13)20-19(21(25)16-8-7-14(28-2)11-18(16)29-3)22(26)23(27)24(20)12-15-5-4-10-30-15/h6-9,11,15,20,25H,4-5,10,12H2,1-3H3/b21-19-. The van der Waals surface area contributed by atoms with Gasteiger partial charge < -0.3 is 28.6 Å². The van der Waals surface area contributed by atoms with E-state index in [9.17, 15) is 14.7 Å². The molecular weight excluding hydrogens is 402 g/mol. The zero-order chi connectivity index (χ0) is 22.1. The third kappa shape index (κ3) is 3.79. The number of rotatable bonds is 6. The molecule has 1 amide bonds. The summed E-state index contributed by atoms with van der Waals surface area (Å²) in [6, 6.07) is 7.45. The monoisotopic (exact) mass is 427 g/mol. The Morgan fingerprint density at radius 3 is 2.61 bits per heavy atom. The molecule has 1 N–H and O–H groups in total. The molecular formula is C23H25NO7. The van der Waals surface area contributed by atoms with E-state index in [1.165, 1.54) is 19.1 Å². The lowest BCUT2D eigenvalue weighted by molar-refractivity contribution is -0.141. The minimum atomic E-state index is -0.857. The Bertz CT molecular complexity index is 1030. The van der Waals surface area contributed by atoms with E-state index < -0.39 is 17.7 Å². The van der Waals surface area contributed by atoms with Crippen LogP contribution in [0.2, 0.25) is 0 Å². The summed E-state index contributed by atoms with van der Waals surface area (Å²) in [7, 11) is 2.97. The fourth-order valence-electron chi connectivity index (χ4n) is 4.11. The summed E-state index contributed by atoms with van der Waals surface area (Å²) >= 11 is 0. The molecule has 2 aliphatic rings. The Morgan fingerprint density at radius 2 is 2.00 bits per heavy atom. The second-order valence-electron chi connectivity index (χ2n) is 7.60. The highest BCUT2D eigenvalue weighted by Gasteiger charge is 2.48. The van der Waals surface area contributed by atoms with Gasteiger partial charge >= 0.3 is 0 Å². The molecule has 164 valence electrons. The number of ketones is 1. The number of aliphatic hydroxyl groups is 1. The van der Waals surface area contributed by atoms with Crippen LogP contribution in [0.25, 0.3) is 5.76 Å². The number of carbonyl (C=O) groups is 2. The maximum atomic E-state index is 13.1. The summed E-state index contributed by atoms with van der Waals surface area (Å²) < 4.78 is 22.1. The number of furan rings is 1. The van der Waals surface area contributed by atoms with E-state index >= 15 is 0 Å². The number of Topliss-reactive ketones (excluding diaryl/α,β-unsaturated/α-hetero) is 1. The molecule has 0 bridgehead atoms. The third-order valence-corrected chi connectivity index (χ3v) is 5.66. The Labute approximate surface area is 180 Å². The van der Waals surface area contributed by atoms with Crippen molar-refractivity contribution in [2.45, 2.75) is 31.9 Å². The number of likely N-dealkylation sites (tertiary alicyclic amines) is 1. The number of methoxy groups -OCH3 is 2. The molecule has 2 unspecified atom stereocenters. The van der Waals surface area contributed by atoms with E-state index in [1.54, 1.807) is 37.3 Å². The van der Waals surface area contributed by atoms with E-state index in [-0.39, 0.29) is 29.5 Å². The molecule has 4 rings (SSSR count). The smallest absolute Gasteiger partial charge is 0.295 e. The van der Waals surface area contributed by atoms with Crippen LogP contribution in [0.1, 0.15) is 36.0 Å². The third-order valence-electron chi connectivity index (χ3n) is 5.66. The van der Waals surface area contributed by atoms with Crippen LogP contribution in [0, 0.1) is 6.92 Å². The first-order valence-electron chi connectivity index (χ1n) is 10.1. The Balaban J connectivity index is 1.84. The number of amides is 1. The maximum absolute atomic E-state index is 13.1. The minimum Gasteiger partial charge on any atom is -0.507 e. The molecule has 0 aliphatic carbocycles. The zero-order valence-electron chi connectivity index (χ0n) is 17.7. The number of nitrogens with zero attached hydrogens (tertiary/aromatic N) is 1. The van der Waals surface area contributed by atoms with Crippen molar-refractivity contribution in [2.24, 2.45) is 0 Å². The normalized spacial score (nSPS) is 22.9. The summed E-state index contributed by atoms with van der Waals surface area (Å²) in [5, 5.41) is 11.2. The predicted octanol–water partition coefficient (Wildman–Crippen LogP) is 3.21. The van der Waals surface area contributed by atoms with Gasteiger partial charge in [-0.2, -0.15) is 0 Å². The summed E-state index contributed by atoms with van der Waals surface area (Å²) in [5.74, 6) is 0.105. The van der Waals surface area contributed by atoms with Gasteiger partial charge in [-0.1, -0.05) is 0 Å². The average Bonchev–Trinajstić information content (AvgIpc) is 3.50. The largest absolute Gasteiger partial charge is 0.507 e. The van der Waals surface area contributed by atoms with Crippen molar-refractivity contribution in [1.82, 2.24) is 4.90 Å². The first-order chi connectivity index (χ1) is 14.9. The van der Waals surface area contributed by atoms with Gasteiger partial charge in [-0.15, -0.1) is 0 Å². The first kappa shape index (κ1) is 21.0. The number of hydrogen-bond acceptors (Lipinski definition) is 7. The van der Waals surface area contributed by atoms with Gasteiger partial charge in [0, 0.05) is 19.2 Å². The number of carbonyl (C=O) groups excluding carboxylic acids is 2. The number of hydrogen-bond donors (Lipinski definition) is 1. The van der Waals surface area contributed by atoms with Crippen LogP contribution in [-0.2, 0) is 14.3 Å². The van der Waals surface area contributed by atoms with Crippen LogP contribution in [0.3, 0.4) is 0 Å². The molecule has 0 saturated carbocycles. The SMILES string of the molecule is COc1ccc(/C(O)=C2/C(=O)C(=O)N(CC3CCCO3)C2c2ccc(C)o2)c(OC)c1. The highest BCUT2D eigenvalue weighted by atomic mass is 16.5. The molecule has 2 atom stereocenters. The van der Waals surface area contributed by atoms with Crippen molar-refractivity contribution < 1.29 is 33.3 Å². The van der Waals surface area contributed by atoms with Crippen molar-refractivity contribution in [2.75, 3.05) is 27.4 Å². The molecule has 2 aromatic rings. The summed E-state index contributed by atoms with van der Waals surface area (Å²) in [6.45, 7) is 2.65. The van der Waals surface area contributed by atoms with Crippen molar-refractivity contribution >= 4 is 17.4 Å². The summed E-state index contributed by atoms with van der Waals surface area (Å²) in [4.78, 5) is 27.5. The second kappa shape index (κ2) is 8.47. The molecule has 3 heterocycles. The van der Waals surface area contributed by atoms with Gasteiger partial charge in [0.15, 0.2) is 0 Å². The van der Waals surface area contributed by atoms with Crippen LogP contribution >= 0.6 is 0 Å². The molecule has 2 fully saturated rings. The van der Waals surface area contributed by atoms with Crippen LogP contribution < -0.4 is 9.47 Å². The Kier molecular flexibility index (Phi) is 5.73. The van der Waals surface area contributed by atoms with Crippen LogP contribution in [0.5, 0.6) is 11.5 Å². The van der Waals surface area contributed by atoms with Gasteiger partial charge in [0.2, 0.25) is 0 Å². The van der Waals surface area contributed by atoms with Crippen molar-refractivity contribution in [3.05, 3.63) is 53.0 Å². The van der Waals surface area contributed by atoms with E-state index in [0.717, 1.165) is 12.8 Å². The van der Waals surface area contributed by atoms with Crippen molar-refractivity contribution in [1.29, 1.82) is 0 Å². The minimum absolute atomic E-state index is 0.0409. The lowest BCUT2D eigenvalue weighted by atomic mass is 9.98. The van der Waals surface area contributed by atoms with Gasteiger partial charge in [-0.25, -0.2) is 0 Å². The van der Waals surface area contributed by atoms with Gasteiger partial charge in [0.25, 0.3) is 11.7 Å². The second-order valence-corrected chi connectivity index (χ2v) is 7.60. The fraction of sp³-hybridized carbons (Fsp3) is 0.391. The molecule has 8 heteroatoms. The van der Waals surface area contributed by atoms with Gasteiger partial charge in [-0.3, -0.25) is 9.59 Å². The van der Waals surface area contributed by atoms with Crippen LogP contribution in [0.4, 0.5) is 0 Å². The number of aryl methyl sites for hydroxylation is 1. The van der Waals surface area contributed by atoms with Gasteiger partial charge in [-0.05, 0) is 44.0 Å². The molecule has 1 aromatic heterocycles. The predicted molar refractivity (Wildman–Crippen MR) is 111 cm³/mol. The Morgan fingerprint density at radius 1 is 1.19 bits per heavy atom. The fourth-order valence-corrected chi connectivity index (χ4v) is 4.11. The highest BCUT2D eigenvalue weighted by molar-refractivity contribution is 6.46. The van der Waals surface area contributed by atoms with Gasteiger partial charge in [0.1, 0.15) is 34.8 Å². The number of aliphatic hydroxyl groups excluding tert-OH is 1. The molecule has 8 nitrogen and oxygen atoms in total. The van der Waals surface area contributed by atoms with Crippen molar-refractivity contribution in [3.63, 3.8) is 0 Å². The molecule has 31 heavy (non-hydrogen) atoms. The van der Waals surface area contributed by atoms with E-state index in [0.29, 0.717) is 29.6 Å². The quantitative estimate of drug-likeness (QED) is 0.429. The van der Waals surface area contributed by atoms with Crippen LogP contribution in [-0.4, -0.2) is 55.2 Å². The molecule has 2 aliphatic heterocycles. The summed E-state index contributed by atoms with van der Waals surface area (Å²) in [5.41, 5.74) is 0.243. The number of ether oxygens (including phenoxy) is 3. The highest BCUT2D eigenvalue weighted by Crippen LogP contribution is 2.42. The average molecular weight is 427 g/mol. The first-order valence-corrected chi connectivity index (χ1v) is 10.1. The molecule has 0 spiro atoms. The van der Waals surface area contributed by atoms with E-state index in [1.807, 2.05) is 0 Å². The van der Waals surface area contributed by atoms with Crippen LogP contribution in [0.15, 0.2) is 40.3 Å². The molecule has 2 saturated heterocycles. The van der Waals surface area contributed by atoms with E-state index in [4.69, 9.17) is 18.6 Å². The van der Waals surface area contributed by atoms with E-state index in [2.05, 4.69) is 0 Å². The molecule has 0 radical (unpaired) electrons. The maximum Gasteiger partial charge on any atom is 0.295 e. The van der Waals surface area contributed by atoms with Crippen molar-refractivity contribution in [3.8, 4) is 11.5 Å².